The van der Waals surface area contributed by atoms with Gasteiger partial charge in [-0.15, -0.1) is 0 Å². The van der Waals surface area contributed by atoms with Gasteiger partial charge in [0, 0.05) is 19.3 Å². The number of hydrogen-bond donors (Lipinski definition) is 3. The van der Waals surface area contributed by atoms with Crippen molar-refractivity contribution in [3.8, 4) is 0 Å². The minimum atomic E-state index is -1.93. The van der Waals surface area contributed by atoms with Gasteiger partial charge in [-0.25, -0.2) is 4.79 Å². The van der Waals surface area contributed by atoms with E-state index in [2.05, 4.69) is 118 Å². The summed E-state index contributed by atoms with van der Waals surface area (Å²) in [7, 11) is 0. The molecule has 1 aliphatic heterocycles. The van der Waals surface area contributed by atoms with Gasteiger partial charge in [-0.3, -0.25) is 14.4 Å². The number of ether oxygens (including phenoxy) is 5. The summed E-state index contributed by atoms with van der Waals surface area (Å²) < 4.78 is 28.3. The Hall–Kier alpha value is -4.62. The number of rotatable bonds is 49. The van der Waals surface area contributed by atoms with Crippen molar-refractivity contribution in [1.82, 2.24) is 0 Å². The van der Waals surface area contributed by atoms with Crippen LogP contribution in [0.25, 0.3) is 0 Å². The predicted octanol–water partition coefficient (Wildman–Crippen LogP) is 15.4. The van der Waals surface area contributed by atoms with E-state index in [1.54, 1.807) is 0 Å². The molecule has 1 saturated heterocycles. The molecule has 6 unspecified atom stereocenters. The Kier molecular flexibility index (Phi) is 47.6. The van der Waals surface area contributed by atoms with Crippen LogP contribution in [0.3, 0.4) is 0 Å². The third-order valence-corrected chi connectivity index (χ3v) is 12.8. The SMILES string of the molecule is CC/C=C\C/C=C\C/C=C\C/C=C\CCCCCCC(=O)OC1C(OCC(COC(=O)CCCCCCCCC/C=C\CCCCCCCC)OC(=O)CC/C=C\C/C=C\C/C=C\C/C=C\CC)OC(C(=O)O)C(O)C1O. The molecule has 0 amide bonds. The highest BCUT2D eigenvalue weighted by atomic mass is 16.7. The lowest BCUT2D eigenvalue weighted by Gasteiger charge is -2.40. The Morgan fingerprint density at radius 1 is 0.442 bits per heavy atom. The molecule has 0 aromatic rings. The molecule has 1 fully saturated rings. The van der Waals surface area contributed by atoms with E-state index in [1.165, 1.54) is 57.8 Å². The summed E-state index contributed by atoms with van der Waals surface area (Å²) >= 11 is 0. The molecule has 1 aliphatic rings. The van der Waals surface area contributed by atoms with Crippen LogP contribution in [0, 0.1) is 0 Å². The standard InChI is InChI=1S/C65H104O12/c1-4-7-10-13-16-19-22-25-27-29-31-34-36-39-42-45-48-51-57(66)73-54-56(75-58(67)52-49-46-43-40-37-33-24-21-18-15-12-9-6-3)55-74-65-63(61(70)60(69)62(77-65)64(71)72)76-59(68)53-50-47-44-41-38-35-32-30-28-26-23-20-17-14-11-8-5-2/h8-9,11-12,17-18,20-21,25-28,32-33,35,37,43,46,56,60-63,65,69-70H,4-7,10,13-16,19,22-24,29-31,34,36,38-42,44-45,47-55H2,1-3H3,(H,71,72)/b11-8-,12-9-,20-17-,21-18-,27-25-,28-26-,35-32-,37-33-,46-43-. The van der Waals surface area contributed by atoms with Crippen molar-refractivity contribution in [2.75, 3.05) is 13.2 Å². The smallest absolute Gasteiger partial charge is 0.335 e. The summed E-state index contributed by atoms with van der Waals surface area (Å²) in [6, 6.07) is 0. The van der Waals surface area contributed by atoms with E-state index in [-0.39, 0.29) is 25.9 Å². The van der Waals surface area contributed by atoms with Crippen molar-refractivity contribution < 1.29 is 58.2 Å². The van der Waals surface area contributed by atoms with E-state index in [0.29, 0.717) is 25.7 Å². The molecular weight excluding hydrogens is 973 g/mol. The van der Waals surface area contributed by atoms with Crippen LogP contribution in [-0.4, -0.2) is 89.2 Å². The van der Waals surface area contributed by atoms with E-state index in [0.717, 1.165) is 103 Å². The number of unbranched alkanes of at least 4 members (excludes halogenated alkanes) is 17. The zero-order valence-electron chi connectivity index (χ0n) is 47.9. The van der Waals surface area contributed by atoms with Gasteiger partial charge in [-0.05, 0) is 109 Å². The average Bonchev–Trinajstić information content (AvgIpc) is 3.42. The van der Waals surface area contributed by atoms with Gasteiger partial charge in [-0.2, -0.15) is 0 Å². The van der Waals surface area contributed by atoms with Gasteiger partial charge >= 0.3 is 23.9 Å². The summed E-state index contributed by atoms with van der Waals surface area (Å²) in [4.78, 5) is 51.1. The minimum Gasteiger partial charge on any atom is -0.479 e. The van der Waals surface area contributed by atoms with Crippen molar-refractivity contribution >= 4 is 23.9 Å². The topological polar surface area (TPSA) is 175 Å². The quantitative estimate of drug-likeness (QED) is 0.0228. The fourth-order valence-corrected chi connectivity index (χ4v) is 8.31. The maximum atomic E-state index is 13.1. The van der Waals surface area contributed by atoms with Gasteiger partial charge in [0.1, 0.15) is 18.8 Å². The van der Waals surface area contributed by atoms with Crippen LogP contribution in [0.4, 0.5) is 0 Å². The Labute approximate surface area is 465 Å². The van der Waals surface area contributed by atoms with E-state index < -0.39 is 67.3 Å². The first-order valence-corrected chi connectivity index (χ1v) is 29.9. The molecule has 0 saturated carbocycles. The summed E-state index contributed by atoms with van der Waals surface area (Å²) in [6.45, 7) is 5.68. The van der Waals surface area contributed by atoms with Gasteiger partial charge < -0.3 is 39.0 Å². The maximum absolute atomic E-state index is 13.1. The summed E-state index contributed by atoms with van der Waals surface area (Å²) in [5.41, 5.74) is 0. The number of carboxylic acid groups (broad SMARTS) is 1. The molecule has 0 aliphatic carbocycles. The summed E-state index contributed by atoms with van der Waals surface area (Å²) in [5, 5.41) is 31.5. The average molecular weight is 1080 g/mol. The maximum Gasteiger partial charge on any atom is 0.335 e. The number of aliphatic hydroxyl groups is 2. The highest BCUT2D eigenvalue weighted by Gasteiger charge is 2.50. The van der Waals surface area contributed by atoms with E-state index in [9.17, 15) is 34.5 Å². The van der Waals surface area contributed by atoms with Crippen LogP contribution >= 0.6 is 0 Å². The lowest BCUT2D eigenvalue weighted by molar-refractivity contribution is -0.301. The van der Waals surface area contributed by atoms with Crippen LogP contribution in [0.5, 0.6) is 0 Å². The molecule has 1 heterocycles. The van der Waals surface area contributed by atoms with Crippen LogP contribution in [0.1, 0.15) is 226 Å². The second kappa shape index (κ2) is 52.1. The lowest BCUT2D eigenvalue weighted by atomic mass is 9.98. The van der Waals surface area contributed by atoms with Crippen LogP contribution < -0.4 is 0 Å². The number of carbonyl (C=O) groups is 4. The van der Waals surface area contributed by atoms with Gasteiger partial charge in [0.25, 0.3) is 0 Å². The number of aliphatic carboxylic acids is 1. The van der Waals surface area contributed by atoms with Gasteiger partial charge in [0.15, 0.2) is 24.6 Å². The van der Waals surface area contributed by atoms with Crippen molar-refractivity contribution in [2.24, 2.45) is 0 Å². The largest absolute Gasteiger partial charge is 0.479 e. The molecule has 77 heavy (non-hydrogen) atoms. The van der Waals surface area contributed by atoms with Gasteiger partial charge in [-0.1, -0.05) is 207 Å². The molecule has 0 aromatic carbocycles. The molecule has 3 N–H and O–H groups in total. The number of esters is 3. The third-order valence-electron chi connectivity index (χ3n) is 12.8. The Balaban J connectivity index is 2.73. The molecule has 436 valence electrons. The first-order chi connectivity index (χ1) is 37.6. The number of carboxylic acids is 1. The lowest BCUT2D eigenvalue weighted by Crippen LogP contribution is -2.61. The van der Waals surface area contributed by atoms with Gasteiger partial charge in [0.2, 0.25) is 0 Å². The van der Waals surface area contributed by atoms with E-state index in [1.807, 2.05) is 12.2 Å². The molecule has 1 rings (SSSR count). The van der Waals surface area contributed by atoms with E-state index >= 15 is 0 Å². The Morgan fingerprint density at radius 2 is 0.844 bits per heavy atom. The zero-order chi connectivity index (χ0) is 56.1. The monoisotopic (exact) mass is 1080 g/mol. The Morgan fingerprint density at radius 3 is 1.31 bits per heavy atom. The van der Waals surface area contributed by atoms with Crippen LogP contribution in [-0.2, 0) is 42.9 Å². The highest BCUT2D eigenvalue weighted by Crippen LogP contribution is 2.26. The first-order valence-electron chi connectivity index (χ1n) is 29.9. The number of allylic oxidation sites excluding steroid dienone is 18. The Bertz CT molecular complexity index is 1750. The zero-order valence-corrected chi connectivity index (χ0v) is 47.9. The number of carbonyl (C=O) groups excluding carboxylic acids is 3. The van der Waals surface area contributed by atoms with Crippen molar-refractivity contribution in [3.63, 3.8) is 0 Å². The normalized spacial score (nSPS) is 18.8. The van der Waals surface area contributed by atoms with E-state index in [4.69, 9.17) is 23.7 Å². The molecule has 12 nitrogen and oxygen atoms in total. The second-order valence-electron chi connectivity index (χ2n) is 19.9. The summed E-state index contributed by atoms with van der Waals surface area (Å²) in [6.07, 6.45) is 57.9. The first kappa shape index (κ1) is 70.4. The number of hydrogen-bond acceptors (Lipinski definition) is 11. The second-order valence-corrected chi connectivity index (χ2v) is 19.9. The van der Waals surface area contributed by atoms with Gasteiger partial charge in [0.05, 0.1) is 6.61 Å². The van der Waals surface area contributed by atoms with Crippen LogP contribution in [0.15, 0.2) is 109 Å². The fraction of sp³-hybridized carbons (Fsp3) is 0.662. The molecule has 0 spiro atoms. The predicted molar refractivity (Wildman–Crippen MR) is 312 cm³/mol. The summed E-state index contributed by atoms with van der Waals surface area (Å²) in [5.74, 6) is -3.28. The molecule has 12 heteroatoms. The minimum absolute atomic E-state index is 0.0189. The van der Waals surface area contributed by atoms with Crippen molar-refractivity contribution in [1.29, 1.82) is 0 Å². The third kappa shape index (κ3) is 42.1. The highest BCUT2D eigenvalue weighted by molar-refractivity contribution is 5.74. The van der Waals surface area contributed by atoms with Crippen molar-refractivity contribution in [2.45, 2.75) is 263 Å². The molecule has 0 bridgehead atoms. The molecule has 6 atom stereocenters. The van der Waals surface area contributed by atoms with Crippen molar-refractivity contribution in [3.05, 3.63) is 109 Å². The fourth-order valence-electron chi connectivity index (χ4n) is 8.31. The molecular formula is C65H104O12. The van der Waals surface area contributed by atoms with Crippen LogP contribution in [0.2, 0.25) is 0 Å². The molecule has 0 aromatic heterocycles. The number of aliphatic hydroxyl groups excluding tert-OH is 2. The molecule has 0 radical (unpaired) electrons.